The van der Waals surface area contributed by atoms with E-state index in [1.165, 1.54) is 12.8 Å². The third kappa shape index (κ3) is 6.30. The van der Waals surface area contributed by atoms with E-state index in [0.717, 1.165) is 12.8 Å². The van der Waals surface area contributed by atoms with Gasteiger partial charge in [-0.2, -0.15) is 13.2 Å². The van der Waals surface area contributed by atoms with Crippen LogP contribution in [-0.2, 0) is 0 Å². The van der Waals surface area contributed by atoms with Crippen LogP contribution in [0, 0.1) is 5.92 Å². The van der Waals surface area contributed by atoms with Gasteiger partial charge in [0.2, 0.25) is 0 Å². The van der Waals surface area contributed by atoms with Crippen molar-refractivity contribution in [2.45, 2.75) is 44.2 Å². The van der Waals surface area contributed by atoms with Crippen LogP contribution in [0.2, 0.25) is 0 Å². The van der Waals surface area contributed by atoms with Crippen molar-refractivity contribution in [2.75, 3.05) is 12.3 Å². The molecular weight excluding hydrogens is 223 g/mol. The maximum absolute atomic E-state index is 11.8. The first-order valence-electron chi connectivity index (χ1n) is 5.41. The van der Waals surface area contributed by atoms with Crippen molar-refractivity contribution in [3.8, 4) is 0 Å². The summed E-state index contributed by atoms with van der Waals surface area (Å²) >= 11 is 0.0604. The van der Waals surface area contributed by atoms with Crippen LogP contribution in [0.1, 0.15) is 32.6 Å². The molecule has 1 aliphatic rings. The van der Waals surface area contributed by atoms with Crippen LogP contribution in [0.15, 0.2) is 0 Å². The molecule has 0 amide bonds. The molecule has 2 atom stereocenters. The van der Waals surface area contributed by atoms with E-state index in [2.05, 4.69) is 12.2 Å². The Balaban J connectivity index is 2.04. The molecule has 15 heavy (non-hydrogen) atoms. The Morgan fingerprint density at radius 1 is 1.33 bits per heavy atom. The van der Waals surface area contributed by atoms with E-state index in [1.807, 2.05) is 0 Å². The van der Waals surface area contributed by atoms with Crippen molar-refractivity contribution in [3.63, 3.8) is 0 Å². The first kappa shape index (κ1) is 13.2. The number of nitrogens with one attached hydrogen (secondary N) is 1. The molecule has 2 unspecified atom stereocenters. The van der Waals surface area contributed by atoms with Crippen LogP contribution < -0.4 is 5.32 Å². The summed E-state index contributed by atoms with van der Waals surface area (Å²) in [6.45, 7) is 2.67. The van der Waals surface area contributed by atoms with Gasteiger partial charge in [0.25, 0.3) is 0 Å². The van der Waals surface area contributed by atoms with E-state index < -0.39 is 5.51 Å². The second kappa shape index (κ2) is 5.99. The molecule has 0 saturated heterocycles. The lowest BCUT2D eigenvalue weighted by Gasteiger charge is -2.27. The Morgan fingerprint density at radius 3 is 2.67 bits per heavy atom. The molecule has 0 spiro atoms. The molecule has 0 aliphatic heterocycles. The third-order valence-corrected chi connectivity index (χ3v) is 3.47. The zero-order chi connectivity index (χ0) is 11.3. The van der Waals surface area contributed by atoms with E-state index in [4.69, 9.17) is 0 Å². The maximum atomic E-state index is 11.8. The molecule has 1 nitrogen and oxygen atoms in total. The number of alkyl halides is 3. The summed E-state index contributed by atoms with van der Waals surface area (Å²) in [6.07, 6.45) is 4.68. The van der Waals surface area contributed by atoms with Crippen molar-refractivity contribution >= 4 is 11.8 Å². The smallest absolute Gasteiger partial charge is 0.313 e. The van der Waals surface area contributed by atoms with Crippen molar-refractivity contribution in [1.82, 2.24) is 5.32 Å². The Morgan fingerprint density at radius 2 is 2.07 bits per heavy atom. The molecule has 5 heteroatoms. The van der Waals surface area contributed by atoms with Crippen molar-refractivity contribution in [1.29, 1.82) is 0 Å². The molecule has 0 heterocycles. The van der Waals surface area contributed by atoms with Gasteiger partial charge in [-0.05, 0) is 30.5 Å². The average Bonchev–Trinajstić information content (AvgIpc) is 2.11. The van der Waals surface area contributed by atoms with E-state index >= 15 is 0 Å². The molecule has 0 radical (unpaired) electrons. The first-order valence-corrected chi connectivity index (χ1v) is 6.40. The minimum atomic E-state index is -4.08. The van der Waals surface area contributed by atoms with Gasteiger partial charge >= 0.3 is 5.51 Å². The molecular formula is C10H18F3NS. The molecule has 90 valence electrons. The lowest BCUT2D eigenvalue weighted by molar-refractivity contribution is -0.0327. The summed E-state index contributed by atoms with van der Waals surface area (Å²) in [6, 6.07) is 0.433. The summed E-state index contributed by atoms with van der Waals surface area (Å²) in [5.74, 6) is 0.834. The van der Waals surface area contributed by atoms with Crippen molar-refractivity contribution < 1.29 is 13.2 Å². The van der Waals surface area contributed by atoms with Crippen molar-refractivity contribution in [2.24, 2.45) is 5.92 Å². The quantitative estimate of drug-likeness (QED) is 0.757. The highest BCUT2D eigenvalue weighted by Crippen LogP contribution is 2.29. The highest BCUT2D eigenvalue weighted by molar-refractivity contribution is 8.00. The molecule has 1 fully saturated rings. The van der Waals surface area contributed by atoms with Gasteiger partial charge in [0.15, 0.2) is 0 Å². The molecule has 0 aromatic carbocycles. The second-order valence-electron chi connectivity index (χ2n) is 4.22. The van der Waals surface area contributed by atoms with E-state index in [0.29, 0.717) is 18.5 Å². The number of halogens is 3. The molecule has 1 N–H and O–H groups in total. The van der Waals surface area contributed by atoms with Gasteiger partial charge in [0.05, 0.1) is 0 Å². The third-order valence-electron chi connectivity index (χ3n) is 2.74. The second-order valence-corrected chi connectivity index (χ2v) is 5.38. The molecule has 1 rings (SSSR count). The normalized spacial score (nSPS) is 28.0. The summed E-state index contributed by atoms with van der Waals surface area (Å²) in [5.41, 5.74) is -4.08. The lowest BCUT2D eigenvalue weighted by atomic mass is 9.87. The van der Waals surface area contributed by atoms with Crippen LogP contribution in [0.25, 0.3) is 0 Å². The number of hydrogen-bond acceptors (Lipinski definition) is 2. The monoisotopic (exact) mass is 241 g/mol. The van der Waals surface area contributed by atoms with Crippen LogP contribution in [-0.4, -0.2) is 23.8 Å². The Labute approximate surface area is 93.2 Å². The molecule has 0 aromatic heterocycles. The van der Waals surface area contributed by atoms with E-state index in [-0.39, 0.29) is 17.5 Å². The standard InChI is InChI=1S/C10H18F3NS/c1-8-3-2-4-9(7-8)14-5-6-15-10(11,12)13/h8-9,14H,2-7H2,1H3. The van der Waals surface area contributed by atoms with Gasteiger partial charge in [-0.15, -0.1) is 0 Å². The van der Waals surface area contributed by atoms with E-state index in [9.17, 15) is 13.2 Å². The molecule has 0 aromatic rings. The van der Waals surface area contributed by atoms with Gasteiger partial charge in [-0.1, -0.05) is 19.8 Å². The minimum Gasteiger partial charge on any atom is -0.313 e. The predicted molar refractivity (Wildman–Crippen MR) is 57.9 cm³/mol. The Bertz CT molecular complexity index is 184. The average molecular weight is 241 g/mol. The number of hydrogen-bond donors (Lipinski definition) is 1. The van der Waals surface area contributed by atoms with Gasteiger partial charge in [-0.25, -0.2) is 0 Å². The first-order chi connectivity index (χ1) is 6.97. The molecule has 1 aliphatic carbocycles. The topological polar surface area (TPSA) is 12.0 Å². The summed E-state index contributed by atoms with van der Waals surface area (Å²) < 4.78 is 35.5. The van der Waals surface area contributed by atoms with Gasteiger partial charge in [-0.3, -0.25) is 0 Å². The minimum absolute atomic E-state index is 0.0604. The van der Waals surface area contributed by atoms with Crippen LogP contribution >= 0.6 is 11.8 Å². The predicted octanol–water partition coefficient (Wildman–Crippen LogP) is 3.41. The van der Waals surface area contributed by atoms with Crippen LogP contribution in [0.5, 0.6) is 0 Å². The van der Waals surface area contributed by atoms with Gasteiger partial charge < -0.3 is 5.32 Å². The Hall–Kier alpha value is 0.100. The zero-order valence-electron chi connectivity index (χ0n) is 8.94. The Kier molecular flexibility index (Phi) is 5.26. The van der Waals surface area contributed by atoms with Gasteiger partial charge in [0, 0.05) is 18.3 Å². The maximum Gasteiger partial charge on any atom is 0.441 e. The fourth-order valence-corrected chi connectivity index (χ4v) is 2.50. The summed E-state index contributed by atoms with van der Waals surface area (Å²) in [4.78, 5) is 0. The van der Waals surface area contributed by atoms with Crippen molar-refractivity contribution in [3.05, 3.63) is 0 Å². The largest absolute Gasteiger partial charge is 0.441 e. The summed E-state index contributed by atoms with van der Waals surface area (Å²) in [5, 5.41) is 3.20. The highest BCUT2D eigenvalue weighted by Gasteiger charge is 2.27. The van der Waals surface area contributed by atoms with E-state index in [1.54, 1.807) is 0 Å². The van der Waals surface area contributed by atoms with Crippen LogP contribution in [0.4, 0.5) is 13.2 Å². The van der Waals surface area contributed by atoms with Gasteiger partial charge in [0.1, 0.15) is 0 Å². The summed E-state index contributed by atoms with van der Waals surface area (Å²) in [7, 11) is 0. The fourth-order valence-electron chi connectivity index (χ4n) is 2.05. The SMILES string of the molecule is CC1CCCC(NCCSC(F)(F)F)C1. The fraction of sp³-hybridized carbons (Fsp3) is 1.00. The highest BCUT2D eigenvalue weighted by atomic mass is 32.2. The molecule has 1 saturated carbocycles. The molecule has 0 bridgehead atoms. The lowest BCUT2D eigenvalue weighted by Crippen LogP contribution is -2.35. The zero-order valence-corrected chi connectivity index (χ0v) is 9.76. The van der Waals surface area contributed by atoms with Crippen LogP contribution in [0.3, 0.4) is 0 Å². The number of thioether (sulfide) groups is 1. The number of rotatable bonds is 4.